The maximum atomic E-state index is 16.2. The van der Waals surface area contributed by atoms with Gasteiger partial charge in [0.1, 0.15) is 5.56 Å². The Morgan fingerprint density at radius 2 is 0.887 bits per heavy atom. The minimum Gasteiger partial charge on any atom is -0.309 e. The normalized spacial score (nSPS) is 12.9. The molecule has 8 heteroatoms. The molecule has 0 saturated carbocycles. The van der Waals surface area contributed by atoms with E-state index in [-0.39, 0.29) is 33.3 Å². The van der Waals surface area contributed by atoms with Crippen LogP contribution < -0.4 is 0 Å². The van der Waals surface area contributed by atoms with E-state index in [2.05, 4.69) is 0 Å². The van der Waals surface area contributed by atoms with E-state index in [1.807, 2.05) is 102 Å². The van der Waals surface area contributed by atoms with Crippen LogP contribution in [-0.2, 0) is 17.0 Å². The zero-order valence-corrected chi connectivity index (χ0v) is 30.1. The number of fused-ring (bicyclic) bond motifs is 6. The Hall–Kier alpha value is -5.50. The van der Waals surface area contributed by atoms with Crippen molar-refractivity contribution in [2.45, 2.75) is 58.5 Å². The number of nitrogens with zero attached hydrogens (tertiary/aromatic N) is 2. The third kappa shape index (κ3) is 5.49. The predicted octanol–water partition coefficient (Wildman–Crippen LogP) is 13.6. The van der Waals surface area contributed by atoms with Crippen molar-refractivity contribution >= 4 is 43.6 Å². The quantitative estimate of drug-likeness (QED) is 0.127. The monoisotopic (exact) mass is 718 g/mol. The van der Waals surface area contributed by atoms with Gasteiger partial charge >= 0.3 is 6.18 Å². The van der Waals surface area contributed by atoms with E-state index in [0.29, 0.717) is 22.1 Å². The molecule has 0 radical (unpaired) electrons. The SMILES string of the molecule is CC(C)(C)c1ccc2c3ccccc3n(-c3cc(-c4ccc(F)c(F)c4F)cc(-n4c5ccccc5c5ccc(C(C)(C)C)cc54)c3C(F)(F)F)c2c1. The number of aromatic nitrogens is 2. The summed E-state index contributed by atoms with van der Waals surface area (Å²) in [5, 5.41) is 2.93. The van der Waals surface area contributed by atoms with Crippen molar-refractivity contribution in [3.63, 3.8) is 0 Å². The number of benzene rings is 6. The van der Waals surface area contributed by atoms with Crippen molar-refractivity contribution < 1.29 is 26.3 Å². The number of rotatable bonds is 3. The molecule has 0 amide bonds. The molecule has 0 aliphatic rings. The fraction of sp³-hybridized carbons (Fsp3) is 0.200. The van der Waals surface area contributed by atoms with Crippen molar-refractivity contribution in [3.05, 3.63) is 143 Å². The van der Waals surface area contributed by atoms with Gasteiger partial charge in [0.2, 0.25) is 0 Å². The van der Waals surface area contributed by atoms with E-state index in [9.17, 15) is 8.78 Å². The molecule has 6 aromatic carbocycles. The van der Waals surface area contributed by atoms with E-state index in [1.54, 1.807) is 33.4 Å². The van der Waals surface area contributed by atoms with E-state index in [0.717, 1.165) is 44.8 Å². The topological polar surface area (TPSA) is 9.86 Å². The molecule has 0 fully saturated rings. The summed E-state index contributed by atoms with van der Waals surface area (Å²) in [6.45, 7) is 12.2. The van der Waals surface area contributed by atoms with Crippen LogP contribution in [0.1, 0.15) is 58.2 Å². The van der Waals surface area contributed by atoms with Gasteiger partial charge in [0, 0.05) is 27.1 Å². The van der Waals surface area contributed by atoms with Crippen LogP contribution in [-0.4, -0.2) is 9.13 Å². The Bertz CT molecular complexity index is 2620. The molecule has 0 aliphatic heterocycles. The van der Waals surface area contributed by atoms with Crippen molar-refractivity contribution in [1.29, 1.82) is 0 Å². The lowest BCUT2D eigenvalue weighted by atomic mass is 9.86. The summed E-state index contributed by atoms with van der Waals surface area (Å²) in [7, 11) is 0. The summed E-state index contributed by atoms with van der Waals surface area (Å²) in [6, 6.07) is 30.4. The number of halogens is 6. The second-order valence-corrected chi connectivity index (χ2v) is 15.8. The molecule has 2 heterocycles. The summed E-state index contributed by atoms with van der Waals surface area (Å²) in [5.74, 6) is -4.59. The molecule has 0 aliphatic carbocycles. The Balaban J connectivity index is 1.62. The van der Waals surface area contributed by atoms with Gasteiger partial charge in [-0.05, 0) is 76.1 Å². The molecule has 8 rings (SSSR count). The Kier molecular flexibility index (Phi) is 7.67. The van der Waals surface area contributed by atoms with Crippen LogP contribution in [0.4, 0.5) is 26.3 Å². The number of para-hydroxylation sites is 2. The van der Waals surface area contributed by atoms with Gasteiger partial charge in [-0.25, -0.2) is 13.2 Å². The largest absolute Gasteiger partial charge is 0.420 e. The minimum atomic E-state index is -4.94. The second-order valence-electron chi connectivity index (χ2n) is 15.8. The lowest BCUT2D eigenvalue weighted by molar-refractivity contribution is -0.137. The molecule has 0 saturated heterocycles. The van der Waals surface area contributed by atoms with Gasteiger partial charge in [0.05, 0.1) is 33.4 Å². The summed E-state index contributed by atoms with van der Waals surface area (Å²) in [5.41, 5.74) is 1.27. The van der Waals surface area contributed by atoms with Crippen molar-refractivity contribution in [1.82, 2.24) is 9.13 Å². The van der Waals surface area contributed by atoms with E-state index in [1.165, 1.54) is 12.1 Å². The van der Waals surface area contributed by atoms with Gasteiger partial charge in [0.15, 0.2) is 17.5 Å². The van der Waals surface area contributed by atoms with Gasteiger partial charge in [-0.15, -0.1) is 0 Å². The molecule has 0 bridgehead atoms. The second kappa shape index (κ2) is 11.8. The van der Waals surface area contributed by atoms with Crippen molar-refractivity contribution in [2.24, 2.45) is 0 Å². The summed E-state index contributed by atoms with van der Waals surface area (Å²) < 4.78 is 96.5. The highest BCUT2D eigenvalue weighted by atomic mass is 19.4. The first-order chi connectivity index (χ1) is 24.9. The Labute approximate surface area is 302 Å². The zero-order chi connectivity index (χ0) is 37.8. The van der Waals surface area contributed by atoms with Crippen molar-refractivity contribution in [2.75, 3.05) is 0 Å². The van der Waals surface area contributed by atoms with Gasteiger partial charge in [-0.2, -0.15) is 13.2 Å². The predicted molar refractivity (Wildman–Crippen MR) is 203 cm³/mol. The van der Waals surface area contributed by atoms with Crippen LogP contribution in [0.5, 0.6) is 0 Å². The fourth-order valence-corrected chi connectivity index (χ4v) is 7.55. The van der Waals surface area contributed by atoms with E-state index >= 15 is 17.6 Å². The molecule has 0 unspecified atom stereocenters. The summed E-state index contributed by atoms with van der Waals surface area (Å²) >= 11 is 0. The van der Waals surface area contributed by atoms with Gasteiger partial charge in [-0.1, -0.05) is 102 Å². The van der Waals surface area contributed by atoms with E-state index in [4.69, 9.17) is 0 Å². The maximum Gasteiger partial charge on any atom is 0.420 e. The molecule has 53 heavy (non-hydrogen) atoms. The average molecular weight is 719 g/mol. The molecule has 8 aromatic rings. The summed E-state index contributed by atoms with van der Waals surface area (Å²) in [6.07, 6.45) is -4.94. The summed E-state index contributed by atoms with van der Waals surface area (Å²) in [4.78, 5) is 0. The maximum absolute atomic E-state index is 16.2. The molecule has 0 N–H and O–H groups in total. The van der Waals surface area contributed by atoms with Crippen LogP contribution in [0, 0.1) is 17.5 Å². The fourth-order valence-electron chi connectivity index (χ4n) is 7.55. The zero-order valence-electron chi connectivity index (χ0n) is 30.1. The number of hydrogen-bond donors (Lipinski definition) is 0. The molecule has 0 spiro atoms. The van der Waals surface area contributed by atoms with Crippen LogP contribution in [0.15, 0.2) is 109 Å². The van der Waals surface area contributed by atoms with Crippen molar-refractivity contribution in [3.8, 4) is 22.5 Å². The lowest BCUT2D eigenvalue weighted by Crippen LogP contribution is -2.17. The van der Waals surface area contributed by atoms with Crippen LogP contribution >= 0.6 is 0 Å². The van der Waals surface area contributed by atoms with E-state index < -0.39 is 29.2 Å². The first kappa shape index (κ1) is 34.6. The number of hydrogen-bond acceptors (Lipinski definition) is 0. The van der Waals surface area contributed by atoms with Gasteiger partial charge in [0.25, 0.3) is 0 Å². The molecule has 268 valence electrons. The highest BCUT2D eigenvalue weighted by molar-refractivity contribution is 6.11. The van der Waals surface area contributed by atoms with Crippen LogP contribution in [0.25, 0.3) is 66.1 Å². The average Bonchev–Trinajstić information content (AvgIpc) is 3.61. The third-order valence-electron chi connectivity index (χ3n) is 10.3. The van der Waals surface area contributed by atoms with Crippen LogP contribution in [0.3, 0.4) is 0 Å². The first-order valence-electron chi connectivity index (χ1n) is 17.4. The Morgan fingerprint density at radius 3 is 1.32 bits per heavy atom. The third-order valence-corrected chi connectivity index (χ3v) is 10.3. The van der Waals surface area contributed by atoms with Gasteiger partial charge < -0.3 is 9.13 Å². The number of alkyl halides is 3. The highest BCUT2D eigenvalue weighted by Gasteiger charge is 2.40. The highest BCUT2D eigenvalue weighted by Crippen LogP contribution is 2.47. The smallest absolute Gasteiger partial charge is 0.309 e. The minimum absolute atomic E-state index is 0.0461. The molecule has 2 aromatic heterocycles. The molecule has 2 nitrogen and oxygen atoms in total. The van der Waals surface area contributed by atoms with Crippen LogP contribution in [0.2, 0.25) is 0 Å². The first-order valence-corrected chi connectivity index (χ1v) is 17.4. The molecule has 0 atom stereocenters. The van der Waals surface area contributed by atoms with Gasteiger partial charge in [-0.3, -0.25) is 0 Å². The molecular weight excluding hydrogens is 682 g/mol. The Morgan fingerprint density at radius 1 is 0.453 bits per heavy atom. The lowest BCUT2D eigenvalue weighted by Gasteiger charge is -2.24. The standard InChI is InChI=1S/C45H36F6N2/c1-43(2,3)26-15-17-31-29-11-7-9-13-34(29)52(36(31)23-26)38-21-25(28-19-20-33(46)42(48)41(28)47)22-39(40(38)45(49,50)51)53-35-14-10-8-12-30(35)32-18-16-27(24-37(32)53)44(4,5)6/h7-24H,1-6H3. The molecular formula is C45H36F6N2.